The maximum Gasteiger partial charge on any atom is 0.308 e. The smallest absolute Gasteiger partial charge is 0.308 e. The number of esters is 1. The van der Waals surface area contributed by atoms with Crippen LogP contribution in [-0.2, 0) is 19.1 Å². The second-order valence-electron chi connectivity index (χ2n) is 8.20. The van der Waals surface area contributed by atoms with Crippen LogP contribution in [0.3, 0.4) is 0 Å². The Bertz CT molecular complexity index is 1220. The number of carbonyl (C=O) groups is 4. The number of anilines is 2. The number of amides is 3. The van der Waals surface area contributed by atoms with E-state index in [4.69, 9.17) is 14.2 Å². The fraction of sp³-hybridized carbons (Fsp3) is 0.308. The molecule has 1 N–H and O–H groups in total. The van der Waals surface area contributed by atoms with Gasteiger partial charge < -0.3 is 24.4 Å². The van der Waals surface area contributed by atoms with Crippen LogP contribution >= 0.6 is 11.8 Å². The minimum Gasteiger partial charge on any atom is -0.490 e. The van der Waals surface area contributed by atoms with E-state index in [9.17, 15) is 19.2 Å². The van der Waals surface area contributed by atoms with E-state index in [2.05, 4.69) is 10.2 Å². The van der Waals surface area contributed by atoms with Crippen LogP contribution in [0.5, 0.6) is 11.5 Å². The molecule has 2 fully saturated rings. The molecule has 0 atom stereocenters. The van der Waals surface area contributed by atoms with Crippen molar-refractivity contribution in [1.29, 1.82) is 0 Å². The first kappa shape index (κ1) is 26.2. The third-order valence-electron chi connectivity index (χ3n) is 5.52. The summed E-state index contributed by atoms with van der Waals surface area (Å²) in [5, 5.41) is 2.20. The molecule has 2 saturated heterocycles. The normalized spacial score (nSPS) is 16.8. The Labute approximate surface area is 218 Å². The summed E-state index contributed by atoms with van der Waals surface area (Å²) in [7, 11) is 0. The van der Waals surface area contributed by atoms with E-state index >= 15 is 0 Å². The lowest BCUT2D eigenvalue weighted by Crippen LogP contribution is -2.36. The van der Waals surface area contributed by atoms with Crippen molar-refractivity contribution in [3.63, 3.8) is 0 Å². The number of benzene rings is 2. The fourth-order valence-electron chi connectivity index (χ4n) is 3.83. The number of ether oxygens (including phenoxy) is 3. The van der Waals surface area contributed by atoms with Crippen LogP contribution in [0.25, 0.3) is 6.08 Å². The molecule has 2 aliphatic heterocycles. The lowest BCUT2D eigenvalue weighted by atomic mass is 10.2. The van der Waals surface area contributed by atoms with Gasteiger partial charge in [-0.25, -0.2) is 0 Å². The van der Waals surface area contributed by atoms with Crippen LogP contribution in [0.15, 0.2) is 47.4 Å². The van der Waals surface area contributed by atoms with E-state index in [-0.39, 0.29) is 10.7 Å². The number of carbonyl (C=O) groups excluding carboxylic acids is 4. The number of nitrogens with zero attached hydrogens (tertiary/aromatic N) is 2. The summed E-state index contributed by atoms with van der Waals surface area (Å²) in [6, 6.07) is 12.2. The first-order valence-electron chi connectivity index (χ1n) is 11.8. The molecular weight excluding hydrogens is 498 g/mol. The predicted molar refractivity (Wildman–Crippen MR) is 140 cm³/mol. The summed E-state index contributed by atoms with van der Waals surface area (Å²) in [5.41, 5.74) is 2.18. The van der Waals surface area contributed by atoms with Crippen molar-refractivity contribution in [1.82, 2.24) is 4.90 Å². The fourth-order valence-corrected chi connectivity index (χ4v) is 4.67. The monoisotopic (exact) mass is 525 g/mol. The largest absolute Gasteiger partial charge is 0.490 e. The Morgan fingerprint density at radius 3 is 2.49 bits per heavy atom. The average molecular weight is 526 g/mol. The minimum absolute atomic E-state index is 0.176. The van der Waals surface area contributed by atoms with E-state index in [1.165, 1.54) is 13.0 Å². The van der Waals surface area contributed by atoms with Gasteiger partial charge in [0.2, 0.25) is 5.91 Å². The van der Waals surface area contributed by atoms with Gasteiger partial charge in [0.25, 0.3) is 11.1 Å². The molecule has 4 rings (SSSR count). The Hall–Kier alpha value is -3.83. The van der Waals surface area contributed by atoms with Gasteiger partial charge in [-0.2, -0.15) is 0 Å². The Kier molecular flexibility index (Phi) is 8.47. The number of hydrogen-bond donors (Lipinski definition) is 1. The van der Waals surface area contributed by atoms with Crippen molar-refractivity contribution in [2.24, 2.45) is 0 Å². The van der Waals surface area contributed by atoms with E-state index in [0.29, 0.717) is 36.8 Å². The van der Waals surface area contributed by atoms with Gasteiger partial charge in [-0.3, -0.25) is 24.1 Å². The number of morpholine rings is 1. The summed E-state index contributed by atoms with van der Waals surface area (Å²) in [5.74, 6) is -0.929. The standard InChI is InChI=1S/C26H27N3O7S/c1-3-35-22-14-18(4-9-21(22)36-17(2)30)15-23-25(32)29(26(33)37-23)16-24(31)27-19-5-7-20(8-6-19)28-10-12-34-13-11-28/h4-9,14-15H,3,10-13,16H2,1-2H3,(H,27,31)/b23-15+. The molecule has 2 heterocycles. The average Bonchev–Trinajstić information content (AvgIpc) is 3.13. The molecule has 2 aromatic rings. The Morgan fingerprint density at radius 2 is 1.81 bits per heavy atom. The van der Waals surface area contributed by atoms with Crippen LogP contribution in [-0.4, -0.2) is 67.4 Å². The van der Waals surface area contributed by atoms with Gasteiger partial charge in [-0.15, -0.1) is 0 Å². The van der Waals surface area contributed by atoms with E-state index in [1.54, 1.807) is 37.3 Å². The molecular formula is C26H27N3O7S. The highest BCUT2D eigenvalue weighted by atomic mass is 32.2. The lowest BCUT2D eigenvalue weighted by molar-refractivity contribution is -0.132. The number of thioether (sulfide) groups is 1. The molecule has 2 aliphatic rings. The molecule has 0 aromatic heterocycles. The number of hydrogen-bond acceptors (Lipinski definition) is 9. The summed E-state index contributed by atoms with van der Waals surface area (Å²) in [4.78, 5) is 52.5. The van der Waals surface area contributed by atoms with Gasteiger partial charge in [-0.05, 0) is 66.7 Å². The molecule has 0 saturated carbocycles. The topological polar surface area (TPSA) is 114 Å². The highest BCUT2D eigenvalue weighted by Crippen LogP contribution is 2.34. The van der Waals surface area contributed by atoms with Crippen LogP contribution < -0.4 is 19.7 Å². The zero-order valence-electron chi connectivity index (χ0n) is 20.5. The molecule has 0 radical (unpaired) electrons. The zero-order valence-corrected chi connectivity index (χ0v) is 21.3. The van der Waals surface area contributed by atoms with Crippen molar-refractivity contribution in [3.05, 3.63) is 52.9 Å². The molecule has 0 bridgehead atoms. The molecule has 0 spiro atoms. The van der Waals surface area contributed by atoms with Crippen molar-refractivity contribution < 1.29 is 33.4 Å². The highest BCUT2D eigenvalue weighted by Gasteiger charge is 2.36. The Balaban J connectivity index is 1.39. The number of imide groups is 1. The SMILES string of the molecule is CCOc1cc(/C=C2/SC(=O)N(CC(=O)Nc3ccc(N4CCOCC4)cc3)C2=O)ccc1OC(C)=O. The van der Waals surface area contributed by atoms with Gasteiger partial charge >= 0.3 is 5.97 Å². The highest BCUT2D eigenvalue weighted by molar-refractivity contribution is 8.18. The molecule has 10 nitrogen and oxygen atoms in total. The molecule has 2 aromatic carbocycles. The summed E-state index contributed by atoms with van der Waals surface area (Å²) in [6.45, 7) is 6.00. The predicted octanol–water partition coefficient (Wildman–Crippen LogP) is 3.52. The van der Waals surface area contributed by atoms with Crippen molar-refractivity contribution in [2.45, 2.75) is 13.8 Å². The van der Waals surface area contributed by atoms with Crippen molar-refractivity contribution in [3.8, 4) is 11.5 Å². The lowest BCUT2D eigenvalue weighted by Gasteiger charge is -2.28. The third-order valence-corrected chi connectivity index (χ3v) is 6.43. The quantitative estimate of drug-likeness (QED) is 0.314. The Morgan fingerprint density at radius 1 is 1.08 bits per heavy atom. The van der Waals surface area contributed by atoms with Crippen molar-refractivity contribution >= 4 is 52.2 Å². The van der Waals surface area contributed by atoms with Gasteiger partial charge in [0.1, 0.15) is 6.54 Å². The zero-order chi connectivity index (χ0) is 26.4. The first-order chi connectivity index (χ1) is 17.8. The summed E-state index contributed by atoms with van der Waals surface area (Å²) >= 11 is 0.753. The summed E-state index contributed by atoms with van der Waals surface area (Å²) < 4.78 is 16.0. The second-order valence-corrected chi connectivity index (χ2v) is 9.19. The maximum absolute atomic E-state index is 12.9. The molecule has 11 heteroatoms. The number of rotatable bonds is 8. The molecule has 3 amide bonds. The van der Waals surface area contributed by atoms with Crippen molar-refractivity contribution in [2.75, 3.05) is 49.7 Å². The van der Waals surface area contributed by atoms with Gasteiger partial charge in [0, 0.05) is 31.4 Å². The van der Waals surface area contributed by atoms with Gasteiger partial charge in [0.05, 0.1) is 24.7 Å². The van der Waals surface area contributed by atoms with Crippen LogP contribution in [0, 0.1) is 0 Å². The van der Waals surface area contributed by atoms with Crippen LogP contribution in [0.1, 0.15) is 19.4 Å². The molecule has 0 aliphatic carbocycles. The van der Waals surface area contributed by atoms with Crippen LogP contribution in [0.4, 0.5) is 16.2 Å². The second kappa shape index (κ2) is 11.9. The maximum atomic E-state index is 12.9. The summed E-state index contributed by atoms with van der Waals surface area (Å²) in [6.07, 6.45) is 1.53. The number of nitrogens with one attached hydrogen (secondary N) is 1. The molecule has 37 heavy (non-hydrogen) atoms. The molecule has 194 valence electrons. The van der Waals surface area contributed by atoms with E-state index in [1.807, 2.05) is 12.1 Å². The van der Waals surface area contributed by atoms with Crippen LogP contribution in [0.2, 0.25) is 0 Å². The van der Waals surface area contributed by atoms with E-state index in [0.717, 1.165) is 35.4 Å². The van der Waals surface area contributed by atoms with Gasteiger partial charge in [-0.1, -0.05) is 6.07 Å². The third kappa shape index (κ3) is 6.69. The minimum atomic E-state index is -0.560. The first-order valence-corrected chi connectivity index (χ1v) is 12.6. The molecule has 0 unspecified atom stereocenters. The van der Waals surface area contributed by atoms with E-state index < -0.39 is 29.6 Å². The van der Waals surface area contributed by atoms with Gasteiger partial charge in [0.15, 0.2) is 11.5 Å².